The molecular weight excluding hydrogens is 294 g/mol. The van der Waals surface area contributed by atoms with E-state index in [0.717, 1.165) is 35.5 Å². The fraction of sp³-hybridized carbons (Fsp3) is 0.467. The molecule has 3 aromatic heterocycles. The first kappa shape index (κ1) is 15.3. The maximum atomic E-state index is 12.1. The number of nitrogens with zero attached hydrogens (tertiary/aromatic N) is 6. The molecule has 0 aliphatic carbocycles. The largest absolute Gasteiger partial charge is 0.349 e. The van der Waals surface area contributed by atoms with Gasteiger partial charge in [-0.25, -0.2) is 0 Å². The van der Waals surface area contributed by atoms with Gasteiger partial charge in [-0.15, -0.1) is 0 Å². The van der Waals surface area contributed by atoms with Gasteiger partial charge < -0.3 is 5.32 Å². The molecule has 1 N–H and O–H groups in total. The molecule has 0 saturated heterocycles. The van der Waals surface area contributed by atoms with Crippen LogP contribution in [0.15, 0.2) is 18.5 Å². The van der Waals surface area contributed by atoms with E-state index in [-0.39, 0.29) is 12.5 Å². The molecule has 0 fully saturated rings. The van der Waals surface area contributed by atoms with Gasteiger partial charge in [0.25, 0.3) is 0 Å². The molecule has 0 unspecified atom stereocenters. The molecule has 23 heavy (non-hydrogen) atoms. The number of hydrogen-bond donors (Lipinski definition) is 1. The standard InChI is InChI=1S/C15H21N7O/c1-4-21-12(6-7-17-21)8-16-14(23)10-20-9-13-15(19-20)11(3)18-22(13)5-2/h6-7,9H,4-5,8,10H2,1-3H3,(H,16,23). The summed E-state index contributed by atoms with van der Waals surface area (Å²) < 4.78 is 5.42. The molecule has 8 heteroatoms. The van der Waals surface area contributed by atoms with Crippen LogP contribution >= 0.6 is 0 Å². The summed E-state index contributed by atoms with van der Waals surface area (Å²) in [6.07, 6.45) is 3.61. The van der Waals surface area contributed by atoms with E-state index in [1.54, 1.807) is 10.9 Å². The highest BCUT2D eigenvalue weighted by molar-refractivity contribution is 5.79. The minimum Gasteiger partial charge on any atom is -0.349 e. The van der Waals surface area contributed by atoms with Crippen LogP contribution in [0.2, 0.25) is 0 Å². The van der Waals surface area contributed by atoms with Crippen molar-refractivity contribution in [2.45, 2.75) is 47.0 Å². The van der Waals surface area contributed by atoms with Crippen LogP contribution in [0, 0.1) is 6.92 Å². The van der Waals surface area contributed by atoms with Crippen LogP contribution in [0.3, 0.4) is 0 Å². The van der Waals surface area contributed by atoms with Gasteiger partial charge in [-0.3, -0.25) is 18.8 Å². The van der Waals surface area contributed by atoms with Crippen LogP contribution in [0.5, 0.6) is 0 Å². The molecule has 0 aliphatic rings. The fourth-order valence-corrected chi connectivity index (χ4v) is 2.65. The Kier molecular flexibility index (Phi) is 4.14. The van der Waals surface area contributed by atoms with Crippen molar-refractivity contribution in [2.75, 3.05) is 0 Å². The third-order valence-electron chi connectivity index (χ3n) is 3.81. The predicted molar refractivity (Wildman–Crippen MR) is 85.7 cm³/mol. The summed E-state index contributed by atoms with van der Waals surface area (Å²) in [5.41, 5.74) is 3.68. The molecule has 3 rings (SSSR count). The molecule has 0 atom stereocenters. The molecular formula is C15H21N7O. The first-order valence-corrected chi connectivity index (χ1v) is 7.80. The molecule has 1 amide bonds. The number of amides is 1. The van der Waals surface area contributed by atoms with Gasteiger partial charge in [0.15, 0.2) is 0 Å². The van der Waals surface area contributed by atoms with E-state index in [2.05, 4.69) is 20.6 Å². The monoisotopic (exact) mass is 315 g/mol. The molecule has 122 valence electrons. The molecule has 0 bridgehead atoms. The maximum Gasteiger partial charge on any atom is 0.242 e. The molecule has 0 spiro atoms. The van der Waals surface area contributed by atoms with Gasteiger partial charge in [0.05, 0.1) is 24.1 Å². The SMILES string of the molecule is CCn1nccc1CNC(=O)Cn1cc2c(n1)c(C)nn2CC. The number of carbonyl (C=O) groups excluding carboxylic acids is 1. The minimum atomic E-state index is -0.0762. The summed E-state index contributed by atoms with van der Waals surface area (Å²) in [7, 11) is 0. The van der Waals surface area contributed by atoms with Gasteiger partial charge in [-0.1, -0.05) is 0 Å². The minimum absolute atomic E-state index is 0.0762. The zero-order valence-corrected chi connectivity index (χ0v) is 13.7. The van der Waals surface area contributed by atoms with Crippen molar-refractivity contribution in [2.24, 2.45) is 0 Å². The Morgan fingerprint density at radius 1 is 1.22 bits per heavy atom. The van der Waals surface area contributed by atoms with E-state index < -0.39 is 0 Å². The first-order valence-electron chi connectivity index (χ1n) is 7.80. The Balaban J connectivity index is 1.66. The van der Waals surface area contributed by atoms with Gasteiger partial charge >= 0.3 is 0 Å². The number of aryl methyl sites for hydroxylation is 3. The lowest BCUT2D eigenvalue weighted by atomic mass is 10.4. The van der Waals surface area contributed by atoms with Gasteiger partial charge in [-0.05, 0) is 26.8 Å². The molecule has 3 aromatic rings. The summed E-state index contributed by atoms with van der Waals surface area (Å²) in [5, 5.41) is 16.0. The zero-order chi connectivity index (χ0) is 16.4. The second-order valence-corrected chi connectivity index (χ2v) is 5.38. The summed E-state index contributed by atoms with van der Waals surface area (Å²) in [6.45, 7) is 8.21. The topological polar surface area (TPSA) is 82.6 Å². The van der Waals surface area contributed by atoms with E-state index in [4.69, 9.17) is 0 Å². The van der Waals surface area contributed by atoms with Crippen molar-refractivity contribution in [3.63, 3.8) is 0 Å². The Morgan fingerprint density at radius 3 is 2.74 bits per heavy atom. The van der Waals surface area contributed by atoms with Crippen molar-refractivity contribution >= 4 is 16.9 Å². The van der Waals surface area contributed by atoms with E-state index in [0.29, 0.717) is 6.54 Å². The Bertz CT molecular complexity index is 826. The Morgan fingerprint density at radius 2 is 2.00 bits per heavy atom. The van der Waals surface area contributed by atoms with Gasteiger partial charge in [0, 0.05) is 19.3 Å². The summed E-state index contributed by atoms with van der Waals surface area (Å²) in [5.74, 6) is -0.0762. The number of carbonyl (C=O) groups is 1. The van der Waals surface area contributed by atoms with E-state index >= 15 is 0 Å². The number of nitrogens with one attached hydrogen (secondary N) is 1. The van der Waals surface area contributed by atoms with Gasteiger partial charge in [0.2, 0.25) is 5.91 Å². The lowest BCUT2D eigenvalue weighted by Crippen LogP contribution is -2.28. The second-order valence-electron chi connectivity index (χ2n) is 5.38. The zero-order valence-electron chi connectivity index (χ0n) is 13.7. The molecule has 0 saturated carbocycles. The molecule has 0 aliphatic heterocycles. The van der Waals surface area contributed by atoms with Crippen LogP contribution in [-0.4, -0.2) is 35.2 Å². The Hall–Kier alpha value is -2.64. The van der Waals surface area contributed by atoms with Crippen LogP contribution in [0.1, 0.15) is 25.2 Å². The van der Waals surface area contributed by atoms with Crippen LogP contribution in [-0.2, 0) is 31.0 Å². The lowest BCUT2D eigenvalue weighted by Gasteiger charge is -2.07. The smallest absolute Gasteiger partial charge is 0.242 e. The fourth-order valence-electron chi connectivity index (χ4n) is 2.65. The molecule has 0 radical (unpaired) electrons. The lowest BCUT2D eigenvalue weighted by molar-refractivity contribution is -0.122. The summed E-state index contributed by atoms with van der Waals surface area (Å²) in [4.78, 5) is 12.1. The maximum absolute atomic E-state index is 12.1. The highest BCUT2D eigenvalue weighted by atomic mass is 16.2. The van der Waals surface area contributed by atoms with E-state index in [9.17, 15) is 4.79 Å². The van der Waals surface area contributed by atoms with Gasteiger partial charge in [0.1, 0.15) is 17.6 Å². The third kappa shape index (κ3) is 2.96. The van der Waals surface area contributed by atoms with Crippen molar-refractivity contribution < 1.29 is 4.79 Å². The molecule has 0 aromatic carbocycles. The van der Waals surface area contributed by atoms with Crippen LogP contribution < -0.4 is 5.32 Å². The second kappa shape index (κ2) is 6.23. The number of fused-ring (bicyclic) bond motifs is 1. The van der Waals surface area contributed by atoms with E-state index in [1.165, 1.54) is 0 Å². The molecule has 8 nitrogen and oxygen atoms in total. The third-order valence-corrected chi connectivity index (χ3v) is 3.81. The van der Waals surface area contributed by atoms with Gasteiger partial charge in [-0.2, -0.15) is 15.3 Å². The predicted octanol–water partition coefficient (Wildman–Crippen LogP) is 1.09. The van der Waals surface area contributed by atoms with Crippen molar-refractivity contribution in [3.05, 3.63) is 29.8 Å². The van der Waals surface area contributed by atoms with Crippen molar-refractivity contribution in [3.8, 4) is 0 Å². The first-order chi connectivity index (χ1) is 11.1. The van der Waals surface area contributed by atoms with Crippen molar-refractivity contribution in [1.82, 2.24) is 34.7 Å². The molecule has 3 heterocycles. The van der Waals surface area contributed by atoms with Crippen LogP contribution in [0.4, 0.5) is 0 Å². The summed E-state index contributed by atoms with van der Waals surface area (Å²) >= 11 is 0. The van der Waals surface area contributed by atoms with Crippen LogP contribution in [0.25, 0.3) is 11.0 Å². The highest BCUT2D eigenvalue weighted by Crippen LogP contribution is 2.15. The average Bonchev–Trinajstić information content (AvgIpc) is 3.22. The average molecular weight is 315 g/mol. The normalized spacial score (nSPS) is 11.3. The number of rotatable bonds is 6. The Labute approximate surface area is 134 Å². The number of aromatic nitrogens is 6. The highest BCUT2D eigenvalue weighted by Gasteiger charge is 2.13. The van der Waals surface area contributed by atoms with Crippen molar-refractivity contribution in [1.29, 1.82) is 0 Å². The number of hydrogen-bond acceptors (Lipinski definition) is 4. The summed E-state index contributed by atoms with van der Waals surface area (Å²) in [6, 6.07) is 1.91. The van der Waals surface area contributed by atoms with E-state index in [1.807, 2.05) is 42.4 Å². The quantitative estimate of drug-likeness (QED) is 0.738.